The fourth-order valence-electron chi connectivity index (χ4n) is 4.00. The van der Waals surface area contributed by atoms with Crippen LogP contribution in [0.1, 0.15) is 58.9 Å². The molecule has 0 atom stereocenters. The van der Waals surface area contributed by atoms with Gasteiger partial charge in [0.1, 0.15) is 0 Å². The fourth-order valence-corrected chi connectivity index (χ4v) is 5.48. The number of anilines is 2. The number of nitrogens with zero attached hydrogens (tertiary/aromatic N) is 1. The summed E-state index contributed by atoms with van der Waals surface area (Å²) in [6.45, 7) is 12.3. The first-order valence-corrected chi connectivity index (χ1v) is 11.7. The summed E-state index contributed by atoms with van der Waals surface area (Å²) in [5, 5.41) is 0. The Morgan fingerprint density at radius 1 is 1.30 bits per heavy atom. The number of rotatable bonds is 8. The number of nitrogens with two attached hydrogens (primary N) is 1. The van der Waals surface area contributed by atoms with Gasteiger partial charge in [0.2, 0.25) is 10.0 Å². The van der Waals surface area contributed by atoms with E-state index in [1.54, 1.807) is 0 Å². The third kappa shape index (κ3) is 5.17. The summed E-state index contributed by atoms with van der Waals surface area (Å²) < 4.78 is 28.1. The lowest BCUT2D eigenvalue weighted by Gasteiger charge is -2.38. The first kappa shape index (κ1) is 22.0. The molecule has 0 amide bonds. The number of aryl methyl sites for hydroxylation is 1. The summed E-state index contributed by atoms with van der Waals surface area (Å²) >= 11 is 0. The quantitative estimate of drug-likeness (QED) is 0.654. The smallest absolute Gasteiger partial charge is 0.217 e. The highest BCUT2D eigenvalue weighted by atomic mass is 32.2. The Morgan fingerprint density at radius 3 is 2.44 bits per heavy atom. The molecule has 1 aliphatic rings. The molecule has 27 heavy (non-hydrogen) atoms. The van der Waals surface area contributed by atoms with Crippen molar-refractivity contribution in [3.05, 3.63) is 23.8 Å². The minimum Gasteiger partial charge on any atom is -0.399 e. The molecule has 0 radical (unpaired) electrons. The number of benzene rings is 1. The number of sulfonamides is 1. The molecule has 0 saturated heterocycles. The van der Waals surface area contributed by atoms with Crippen molar-refractivity contribution in [1.82, 2.24) is 4.72 Å². The van der Waals surface area contributed by atoms with Gasteiger partial charge >= 0.3 is 0 Å². The predicted octanol–water partition coefficient (Wildman–Crippen LogP) is 3.93. The van der Waals surface area contributed by atoms with Crippen molar-refractivity contribution >= 4 is 21.4 Å². The van der Waals surface area contributed by atoms with Gasteiger partial charge in [0.25, 0.3) is 0 Å². The molecule has 1 saturated carbocycles. The Bertz CT molecular complexity index is 723. The van der Waals surface area contributed by atoms with Gasteiger partial charge < -0.3 is 10.6 Å². The molecule has 0 unspecified atom stereocenters. The van der Waals surface area contributed by atoms with Crippen LogP contribution in [0.2, 0.25) is 0 Å². The molecule has 2 rings (SSSR count). The molecule has 0 aliphatic heterocycles. The number of hydrogen-bond acceptors (Lipinski definition) is 4. The van der Waals surface area contributed by atoms with Crippen LogP contribution in [-0.2, 0) is 10.0 Å². The van der Waals surface area contributed by atoms with Crippen LogP contribution in [0.5, 0.6) is 0 Å². The minimum atomic E-state index is -3.33. The number of likely N-dealkylation sites (N-methyl/N-ethyl adjacent to an activating group) is 1. The van der Waals surface area contributed by atoms with Crippen LogP contribution in [0.4, 0.5) is 11.4 Å². The molecule has 3 N–H and O–H groups in total. The van der Waals surface area contributed by atoms with Gasteiger partial charge in [0.15, 0.2) is 0 Å². The molecule has 5 nitrogen and oxygen atoms in total. The van der Waals surface area contributed by atoms with Crippen LogP contribution in [0.15, 0.2) is 18.2 Å². The van der Waals surface area contributed by atoms with Gasteiger partial charge in [0.05, 0.1) is 4.75 Å². The molecule has 6 heteroatoms. The van der Waals surface area contributed by atoms with Crippen LogP contribution in [-0.4, -0.2) is 32.8 Å². The topological polar surface area (TPSA) is 75.4 Å². The summed E-state index contributed by atoms with van der Waals surface area (Å²) in [5.41, 5.74) is 8.80. The summed E-state index contributed by atoms with van der Waals surface area (Å²) in [4.78, 5) is 2.17. The third-order valence-corrected chi connectivity index (χ3v) is 8.64. The summed E-state index contributed by atoms with van der Waals surface area (Å²) in [7, 11) is -3.33. The SMILES string of the molecule is CCN(CCNS(=O)(=O)C1(C)CCC(C(C)C)CC1)c1ccc(N)c(C)c1. The maximum atomic E-state index is 12.9. The summed E-state index contributed by atoms with van der Waals surface area (Å²) in [6.07, 6.45) is 3.50. The average molecular weight is 396 g/mol. The molecule has 0 spiro atoms. The van der Waals surface area contributed by atoms with Crippen molar-refractivity contribution in [3.8, 4) is 0 Å². The van der Waals surface area contributed by atoms with Crippen LogP contribution < -0.4 is 15.4 Å². The molecule has 154 valence electrons. The summed E-state index contributed by atoms with van der Waals surface area (Å²) in [5.74, 6) is 1.28. The lowest BCUT2D eigenvalue weighted by molar-refractivity contribution is 0.243. The molecule has 1 aliphatic carbocycles. The Morgan fingerprint density at radius 2 is 1.93 bits per heavy atom. The summed E-state index contributed by atoms with van der Waals surface area (Å²) in [6, 6.07) is 5.96. The van der Waals surface area contributed by atoms with E-state index in [0.29, 0.717) is 24.9 Å². The molecule has 1 aromatic carbocycles. The van der Waals surface area contributed by atoms with Crippen LogP contribution in [0, 0.1) is 18.8 Å². The van der Waals surface area contributed by atoms with E-state index in [9.17, 15) is 8.42 Å². The van der Waals surface area contributed by atoms with Crippen LogP contribution in [0.3, 0.4) is 0 Å². The Kier molecular flexibility index (Phi) is 7.20. The molecule has 1 aromatic rings. The molecular formula is C21H37N3O2S. The maximum absolute atomic E-state index is 12.9. The van der Waals surface area contributed by atoms with Crippen molar-refractivity contribution in [2.45, 2.75) is 65.0 Å². The van der Waals surface area contributed by atoms with Crippen LogP contribution in [0.25, 0.3) is 0 Å². The largest absolute Gasteiger partial charge is 0.399 e. The van der Waals surface area contributed by atoms with Gasteiger partial charge in [0, 0.05) is 31.0 Å². The van der Waals surface area contributed by atoms with Gasteiger partial charge in [-0.15, -0.1) is 0 Å². The van der Waals surface area contributed by atoms with E-state index >= 15 is 0 Å². The van der Waals surface area contributed by atoms with Crippen molar-refractivity contribution in [1.29, 1.82) is 0 Å². The van der Waals surface area contributed by atoms with Gasteiger partial charge in [-0.1, -0.05) is 13.8 Å². The van der Waals surface area contributed by atoms with E-state index in [4.69, 9.17) is 5.73 Å². The molecule has 0 heterocycles. The van der Waals surface area contributed by atoms with E-state index in [2.05, 4.69) is 36.5 Å². The van der Waals surface area contributed by atoms with Crippen molar-refractivity contribution in [2.75, 3.05) is 30.3 Å². The first-order chi connectivity index (χ1) is 12.6. The Balaban J connectivity index is 1.95. The highest BCUT2D eigenvalue weighted by Crippen LogP contribution is 2.39. The monoisotopic (exact) mass is 395 g/mol. The standard InChI is InChI=1S/C21H37N3O2S/c1-6-24(19-7-8-20(22)17(4)15-19)14-13-23-27(25,26)21(5)11-9-18(10-12-21)16(2)3/h7-8,15-16,18,23H,6,9-14,22H2,1-5H3. The van der Waals surface area contributed by atoms with Gasteiger partial charge in [-0.2, -0.15) is 0 Å². The fraction of sp³-hybridized carbons (Fsp3) is 0.714. The second kappa shape index (κ2) is 8.82. The van der Waals surface area contributed by atoms with E-state index in [1.165, 1.54) is 0 Å². The zero-order chi connectivity index (χ0) is 20.2. The maximum Gasteiger partial charge on any atom is 0.217 e. The minimum absolute atomic E-state index is 0.419. The molecule has 1 fully saturated rings. The van der Waals surface area contributed by atoms with Crippen molar-refractivity contribution < 1.29 is 8.42 Å². The zero-order valence-electron chi connectivity index (χ0n) is 17.6. The molecule has 0 aromatic heterocycles. The third-order valence-electron chi connectivity index (χ3n) is 6.35. The lowest BCUT2D eigenvalue weighted by Crippen LogP contribution is -2.48. The highest BCUT2D eigenvalue weighted by Gasteiger charge is 2.42. The normalized spacial score (nSPS) is 23.6. The first-order valence-electron chi connectivity index (χ1n) is 10.2. The van der Waals surface area contributed by atoms with E-state index in [-0.39, 0.29) is 0 Å². The van der Waals surface area contributed by atoms with E-state index in [1.807, 2.05) is 26.0 Å². The van der Waals surface area contributed by atoms with E-state index in [0.717, 1.165) is 49.2 Å². The predicted molar refractivity (Wildman–Crippen MR) is 116 cm³/mol. The Labute approximate surface area is 165 Å². The second-order valence-corrected chi connectivity index (χ2v) is 10.8. The lowest BCUT2D eigenvalue weighted by atomic mass is 9.77. The number of hydrogen-bond donors (Lipinski definition) is 2. The highest BCUT2D eigenvalue weighted by molar-refractivity contribution is 7.90. The molecular weight excluding hydrogens is 358 g/mol. The average Bonchev–Trinajstić information content (AvgIpc) is 2.61. The Hall–Kier alpha value is -1.27. The van der Waals surface area contributed by atoms with E-state index < -0.39 is 14.8 Å². The van der Waals surface area contributed by atoms with Crippen molar-refractivity contribution in [2.24, 2.45) is 11.8 Å². The zero-order valence-corrected chi connectivity index (χ0v) is 18.4. The second-order valence-electron chi connectivity index (χ2n) is 8.55. The van der Waals surface area contributed by atoms with Gasteiger partial charge in [-0.3, -0.25) is 0 Å². The number of nitrogen functional groups attached to an aromatic ring is 1. The van der Waals surface area contributed by atoms with Gasteiger partial charge in [-0.05, 0) is 82.1 Å². The molecule has 0 bridgehead atoms. The van der Waals surface area contributed by atoms with Crippen LogP contribution >= 0.6 is 0 Å². The van der Waals surface area contributed by atoms with Crippen molar-refractivity contribution in [3.63, 3.8) is 0 Å². The number of nitrogens with one attached hydrogen (secondary N) is 1. The van der Waals surface area contributed by atoms with Gasteiger partial charge in [-0.25, -0.2) is 13.1 Å².